The number of amides is 1. The summed E-state index contributed by atoms with van der Waals surface area (Å²) in [5, 5.41) is 16.3. The van der Waals surface area contributed by atoms with E-state index in [1.165, 1.54) is 17.4 Å². The van der Waals surface area contributed by atoms with E-state index in [0.29, 0.717) is 34.1 Å². The Morgan fingerprint density at radius 3 is 2.96 bits per heavy atom. The molecule has 3 rings (SSSR count). The van der Waals surface area contributed by atoms with Crippen LogP contribution in [0.5, 0.6) is 0 Å². The van der Waals surface area contributed by atoms with Crippen LogP contribution in [0.1, 0.15) is 16.3 Å². The van der Waals surface area contributed by atoms with Gasteiger partial charge in [-0.3, -0.25) is 14.9 Å². The van der Waals surface area contributed by atoms with Crippen LogP contribution in [0.2, 0.25) is 0 Å². The second kappa shape index (κ2) is 7.27. The number of rotatable bonds is 6. The highest BCUT2D eigenvalue weighted by Crippen LogP contribution is 2.28. The average Bonchev–Trinajstić information content (AvgIpc) is 3.25. The summed E-state index contributed by atoms with van der Waals surface area (Å²) >= 11 is 1.35. The van der Waals surface area contributed by atoms with Crippen molar-refractivity contribution in [2.75, 3.05) is 0 Å². The topological polar surface area (TPSA) is 98.3 Å². The van der Waals surface area contributed by atoms with Crippen molar-refractivity contribution in [3.05, 3.63) is 68.4 Å². The first-order chi connectivity index (χ1) is 12.0. The van der Waals surface area contributed by atoms with E-state index in [1.54, 1.807) is 42.8 Å². The molecule has 25 heavy (non-hydrogen) atoms. The number of carbonyl (C=O) groups excluding carboxylic acids is 1. The quantitative estimate of drug-likeness (QED) is 0.538. The lowest BCUT2D eigenvalue weighted by Crippen LogP contribution is -2.24. The Bertz CT molecular complexity index is 903. The monoisotopic (exact) mass is 357 g/mol. The number of aryl methyl sites for hydroxylation is 1. The number of benzene rings is 1. The smallest absolute Gasteiger partial charge is 0.272 e. The molecule has 2 heterocycles. The first-order valence-corrected chi connectivity index (χ1v) is 8.40. The van der Waals surface area contributed by atoms with E-state index in [2.05, 4.69) is 10.3 Å². The third-order valence-corrected chi connectivity index (χ3v) is 4.45. The first-order valence-electron chi connectivity index (χ1n) is 7.52. The van der Waals surface area contributed by atoms with E-state index in [0.717, 1.165) is 0 Å². The molecule has 0 bridgehead atoms. The summed E-state index contributed by atoms with van der Waals surface area (Å²) in [5.74, 6) is 0.521. The van der Waals surface area contributed by atoms with Crippen molar-refractivity contribution in [1.29, 1.82) is 0 Å². The molecule has 0 unspecified atom stereocenters. The van der Waals surface area contributed by atoms with Crippen molar-refractivity contribution in [1.82, 2.24) is 10.3 Å². The van der Waals surface area contributed by atoms with Crippen LogP contribution in [-0.2, 0) is 17.8 Å². The number of thiazole rings is 1. The highest BCUT2D eigenvalue weighted by molar-refractivity contribution is 7.10. The van der Waals surface area contributed by atoms with Crippen LogP contribution in [0.4, 0.5) is 5.69 Å². The van der Waals surface area contributed by atoms with Crippen molar-refractivity contribution in [2.24, 2.45) is 0 Å². The van der Waals surface area contributed by atoms with Crippen molar-refractivity contribution in [2.45, 2.75) is 19.9 Å². The van der Waals surface area contributed by atoms with Crippen molar-refractivity contribution >= 4 is 22.9 Å². The standard InChI is InChI=1S/C17H15N3O4S/c1-11-4-5-12(7-15(11)20(22)23)14-10-25-17(19-14)8-16(21)18-9-13-3-2-6-24-13/h2-7,10H,8-9H2,1H3,(H,18,21). The van der Waals surface area contributed by atoms with Gasteiger partial charge < -0.3 is 9.73 Å². The fraction of sp³-hybridized carbons (Fsp3) is 0.176. The molecule has 0 radical (unpaired) electrons. The molecule has 0 aliphatic rings. The number of furan rings is 1. The summed E-state index contributed by atoms with van der Waals surface area (Å²) in [7, 11) is 0. The molecule has 0 aliphatic carbocycles. The van der Waals surface area contributed by atoms with Gasteiger partial charge in [0.15, 0.2) is 0 Å². The van der Waals surface area contributed by atoms with Crippen molar-refractivity contribution in [3.63, 3.8) is 0 Å². The van der Waals surface area contributed by atoms with Crippen LogP contribution < -0.4 is 5.32 Å². The minimum absolute atomic E-state index is 0.0586. The Morgan fingerprint density at radius 2 is 2.24 bits per heavy atom. The zero-order chi connectivity index (χ0) is 17.8. The summed E-state index contributed by atoms with van der Waals surface area (Å²) < 4.78 is 5.15. The van der Waals surface area contributed by atoms with Gasteiger partial charge in [-0.1, -0.05) is 12.1 Å². The molecule has 0 atom stereocenters. The van der Waals surface area contributed by atoms with Crippen LogP contribution in [0, 0.1) is 17.0 Å². The molecule has 7 nitrogen and oxygen atoms in total. The number of hydrogen-bond donors (Lipinski definition) is 1. The first kappa shape index (κ1) is 16.8. The summed E-state index contributed by atoms with van der Waals surface area (Å²) in [4.78, 5) is 27.0. The molecule has 3 aromatic rings. The maximum atomic E-state index is 12.0. The van der Waals surface area contributed by atoms with Crippen molar-refractivity contribution < 1.29 is 14.1 Å². The molecule has 0 aliphatic heterocycles. The molecule has 128 valence electrons. The predicted molar refractivity (Wildman–Crippen MR) is 93.2 cm³/mol. The molecule has 1 aromatic carbocycles. The minimum Gasteiger partial charge on any atom is -0.467 e. The largest absolute Gasteiger partial charge is 0.467 e. The van der Waals surface area contributed by atoms with Crippen LogP contribution in [0.15, 0.2) is 46.4 Å². The average molecular weight is 357 g/mol. The Labute approximate surface area is 147 Å². The molecule has 1 N–H and O–H groups in total. The van der Waals surface area contributed by atoms with Gasteiger partial charge in [0.05, 0.1) is 29.8 Å². The number of nitro benzene ring substituents is 1. The summed E-state index contributed by atoms with van der Waals surface area (Å²) in [6, 6.07) is 8.53. The zero-order valence-electron chi connectivity index (χ0n) is 13.4. The second-order valence-corrected chi connectivity index (χ2v) is 6.36. The number of aromatic nitrogens is 1. The van der Waals surface area contributed by atoms with Gasteiger partial charge in [-0.05, 0) is 19.1 Å². The summed E-state index contributed by atoms with van der Waals surface area (Å²) in [6.07, 6.45) is 1.70. The number of carbonyl (C=O) groups is 1. The SMILES string of the molecule is Cc1ccc(-c2csc(CC(=O)NCc3ccco3)n2)cc1[N+](=O)[O-]. The van der Waals surface area contributed by atoms with Gasteiger partial charge in [-0.2, -0.15) is 0 Å². The lowest BCUT2D eigenvalue weighted by atomic mass is 10.1. The second-order valence-electron chi connectivity index (χ2n) is 5.42. The highest BCUT2D eigenvalue weighted by atomic mass is 32.1. The number of nitrogens with zero attached hydrogens (tertiary/aromatic N) is 2. The lowest BCUT2D eigenvalue weighted by molar-refractivity contribution is -0.385. The normalized spacial score (nSPS) is 10.6. The number of hydrogen-bond acceptors (Lipinski definition) is 6. The molecular formula is C17H15N3O4S. The van der Waals surface area contributed by atoms with Gasteiger partial charge in [0, 0.05) is 22.6 Å². The van der Waals surface area contributed by atoms with Gasteiger partial charge >= 0.3 is 0 Å². The Kier molecular flexibility index (Phi) is 4.90. The number of nitrogens with one attached hydrogen (secondary N) is 1. The van der Waals surface area contributed by atoms with E-state index < -0.39 is 4.92 Å². The molecular weight excluding hydrogens is 342 g/mol. The predicted octanol–water partition coefficient (Wildman–Crippen LogP) is 3.48. The van der Waals surface area contributed by atoms with E-state index in [1.807, 2.05) is 0 Å². The third kappa shape index (κ3) is 4.10. The lowest BCUT2D eigenvalue weighted by Gasteiger charge is -2.01. The zero-order valence-corrected chi connectivity index (χ0v) is 14.2. The summed E-state index contributed by atoms with van der Waals surface area (Å²) in [6.45, 7) is 2.02. The van der Waals surface area contributed by atoms with Crippen LogP contribution in [0.3, 0.4) is 0 Å². The van der Waals surface area contributed by atoms with Gasteiger partial charge in [0.1, 0.15) is 10.8 Å². The van der Waals surface area contributed by atoms with E-state index in [-0.39, 0.29) is 18.0 Å². The molecule has 0 saturated heterocycles. The fourth-order valence-electron chi connectivity index (χ4n) is 2.29. The van der Waals surface area contributed by atoms with E-state index in [9.17, 15) is 14.9 Å². The highest BCUT2D eigenvalue weighted by Gasteiger charge is 2.14. The maximum absolute atomic E-state index is 12.0. The summed E-state index contributed by atoms with van der Waals surface area (Å²) in [5.41, 5.74) is 1.95. The molecule has 1 amide bonds. The number of nitro groups is 1. The van der Waals surface area contributed by atoms with Gasteiger partial charge in [0.2, 0.25) is 5.91 Å². The van der Waals surface area contributed by atoms with E-state index in [4.69, 9.17) is 4.42 Å². The van der Waals surface area contributed by atoms with E-state index >= 15 is 0 Å². The van der Waals surface area contributed by atoms with Gasteiger partial charge in [0.25, 0.3) is 5.69 Å². The Balaban J connectivity index is 1.67. The fourth-order valence-corrected chi connectivity index (χ4v) is 3.09. The molecule has 0 fully saturated rings. The van der Waals surface area contributed by atoms with Crippen molar-refractivity contribution in [3.8, 4) is 11.3 Å². The molecule has 0 spiro atoms. The van der Waals surface area contributed by atoms with Crippen LogP contribution >= 0.6 is 11.3 Å². The van der Waals surface area contributed by atoms with Gasteiger partial charge in [-0.25, -0.2) is 4.98 Å². The van der Waals surface area contributed by atoms with Gasteiger partial charge in [-0.15, -0.1) is 11.3 Å². The molecule has 8 heteroatoms. The molecule has 0 saturated carbocycles. The third-order valence-electron chi connectivity index (χ3n) is 3.61. The van der Waals surface area contributed by atoms with Crippen LogP contribution in [0.25, 0.3) is 11.3 Å². The molecule has 2 aromatic heterocycles. The Hall–Kier alpha value is -3.00. The maximum Gasteiger partial charge on any atom is 0.272 e. The van der Waals surface area contributed by atoms with Crippen LogP contribution in [-0.4, -0.2) is 15.8 Å². The minimum atomic E-state index is -0.409. The Morgan fingerprint density at radius 1 is 1.40 bits per heavy atom.